The second kappa shape index (κ2) is 15.2. The van der Waals surface area contributed by atoms with Gasteiger partial charge in [-0.15, -0.1) is 0 Å². The third kappa shape index (κ3) is 6.96. The third-order valence-corrected chi connectivity index (χ3v) is 15.9. The van der Waals surface area contributed by atoms with E-state index in [0.29, 0.717) is 30.8 Å². The fourth-order valence-electron chi connectivity index (χ4n) is 12.5. The number of nitrogens with zero attached hydrogens (tertiary/aromatic N) is 1. The number of aliphatic carboxylic acids is 1. The molecule has 10 nitrogen and oxygen atoms in total. The molecule has 11 heteroatoms. The molecule has 1 aromatic carbocycles. The molecule has 0 saturated heterocycles. The van der Waals surface area contributed by atoms with E-state index in [1.54, 1.807) is 19.2 Å². The van der Waals surface area contributed by atoms with E-state index in [4.69, 9.17) is 9.47 Å². The molecule has 0 aromatic heterocycles. The van der Waals surface area contributed by atoms with Crippen LogP contribution >= 0.6 is 0 Å². The van der Waals surface area contributed by atoms with Gasteiger partial charge in [0.2, 0.25) is 11.8 Å². The standard InChI is InChI=1S/C43H62N2O8.K/c1-38(2)32-12-15-43(7)36(41(32,5)14-13-33(38)47)29(46)21-27-28-22-40(4,17-16-39(28,3)18-19-42(27,43)6)37(51)45(25-34(48)44-23-35(49)50)24-26-10-11-30(52-8)31(20-26)53-9;/h10-11,20-21,28,32-33,36,47H,12-19,22-25H2,1-9H3,(H,44,48)(H,49,50);/q;+1/p-1/t28-,32-,33-,36+,39+,40-,41-,42+,43+;/m0./s1. The molecule has 0 aliphatic heterocycles. The Morgan fingerprint density at radius 3 is 2.24 bits per heavy atom. The van der Waals surface area contributed by atoms with Crippen LogP contribution in [0.4, 0.5) is 0 Å². The minimum absolute atomic E-state index is 0. The Kier molecular flexibility index (Phi) is 12.2. The Morgan fingerprint density at radius 2 is 1.59 bits per heavy atom. The monoisotopic (exact) mass is 772 g/mol. The number of carbonyl (C=O) groups excluding carboxylic acids is 4. The Morgan fingerprint density at radius 1 is 0.926 bits per heavy atom. The van der Waals surface area contributed by atoms with Gasteiger partial charge in [-0.2, -0.15) is 0 Å². The molecule has 2 N–H and O–H groups in total. The topological polar surface area (TPSA) is 145 Å². The molecule has 5 aliphatic carbocycles. The van der Waals surface area contributed by atoms with E-state index >= 15 is 0 Å². The predicted molar refractivity (Wildman–Crippen MR) is 198 cm³/mol. The molecule has 2 amide bonds. The fraction of sp³-hybridized carbons (Fsp3) is 0.721. The summed E-state index contributed by atoms with van der Waals surface area (Å²) in [6.07, 6.45) is 9.10. The van der Waals surface area contributed by atoms with Gasteiger partial charge in [0.05, 0.1) is 39.4 Å². The zero-order valence-electron chi connectivity index (χ0n) is 34.4. The molecule has 0 unspecified atom stereocenters. The summed E-state index contributed by atoms with van der Waals surface area (Å²) < 4.78 is 10.9. The zero-order valence-corrected chi connectivity index (χ0v) is 37.5. The maximum absolute atomic E-state index is 14.9. The summed E-state index contributed by atoms with van der Waals surface area (Å²) in [7, 11) is 3.08. The van der Waals surface area contributed by atoms with Crippen molar-refractivity contribution in [3.05, 3.63) is 35.4 Å². The predicted octanol–water partition coefficient (Wildman–Crippen LogP) is 2.24. The third-order valence-electron chi connectivity index (χ3n) is 15.9. The van der Waals surface area contributed by atoms with Gasteiger partial charge in [-0.1, -0.05) is 60.1 Å². The number of ketones is 1. The Bertz CT molecular complexity index is 1710. The van der Waals surface area contributed by atoms with Gasteiger partial charge in [0.25, 0.3) is 0 Å². The number of aliphatic hydroxyl groups excluding tert-OH is 1. The van der Waals surface area contributed by atoms with Gasteiger partial charge in [-0.3, -0.25) is 14.4 Å². The van der Waals surface area contributed by atoms with Crippen LogP contribution in [0.5, 0.6) is 11.5 Å². The van der Waals surface area contributed by atoms with E-state index in [0.717, 1.165) is 44.1 Å². The number of benzene rings is 1. The van der Waals surface area contributed by atoms with E-state index in [1.165, 1.54) is 17.6 Å². The van der Waals surface area contributed by atoms with Crippen molar-refractivity contribution in [2.45, 2.75) is 119 Å². The molecule has 1 aromatic rings. The van der Waals surface area contributed by atoms with Gasteiger partial charge in [-0.25, -0.2) is 0 Å². The van der Waals surface area contributed by atoms with Crippen molar-refractivity contribution < 1.29 is 90.2 Å². The van der Waals surface area contributed by atoms with Crippen molar-refractivity contribution in [2.75, 3.05) is 27.3 Å². The SMILES string of the molecule is COc1ccc(CN(CC(=O)NCC(=O)[O-])C(=O)[C@@]2(C)CC[C@]3(C)CC[C@]4(C)C(=CC(=O)[C@@H]5[C@@]6(C)CC[C@H](O)C(C)(C)[C@@H]6CC[C@]54C)[C@@H]3C2)cc1OC.[K+]. The molecular formula is C43H61KN2O8. The van der Waals surface area contributed by atoms with Gasteiger partial charge >= 0.3 is 51.4 Å². The summed E-state index contributed by atoms with van der Waals surface area (Å²) in [5, 5.41) is 24.6. The number of carboxylic acid groups (broad SMARTS) is 1. The molecule has 0 heterocycles. The molecule has 292 valence electrons. The normalized spacial score (nSPS) is 37.8. The smallest absolute Gasteiger partial charge is 0.548 e. The largest absolute Gasteiger partial charge is 1.00 e. The average Bonchev–Trinajstić information content (AvgIpc) is 3.10. The molecule has 4 fully saturated rings. The number of hydrogen-bond donors (Lipinski definition) is 2. The number of ether oxygens (including phenoxy) is 2. The Balaban J connectivity index is 0.00000561. The Hall–Kier alpha value is -1.76. The number of hydrogen-bond acceptors (Lipinski definition) is 8. The first-order valence-electron chi connectivity index (χ1n) is 19.6. The van der Waals surface area contributed by atoms with Crippen molar-refractivity contribution in [2.24, 2.45) is 50.2 Å². The molecule has 4 saturated carbocycles. The summed E-state index contributed by atoms with van der Waals surface area (Å²) in [6.45, 7) is 14.9. The van der Waals surface area contributed by atoms with E-state index in [-0.39, 0.29) is 127 Å². The number of rotatable bonds is 9. The summed E-state index contributed by atoms with van der Waals surface area (Å²) in [5.41, 5.74) is 0.0694. The van der Waals surface area contributed by atoms with Gasteiger partial charge in [0.1, 0.15) is 0 Å². The van der Waals surface area contributed by atoms with Gasteiger partial charge in [0.15, 0.2) is 17.3 Å². The van der Waals surface area contributed by atoms with Gasteiger partial charge in [0, 0.05) is 17.9 Å². The van der Waals surface area contributed by atoms with Gasteiger partial charge < -0.3 is 34.7 Å². The van der Waals surface area contributed by atoms with Crippen LogP contribution in [0.2, 0.25) is 0 Å². The maximum Gasteiger partial charge on any atom is 1.00 e. The van der Waals surface area contributed by atoms with Crippen LogP contribution in [0.1, 0.15) is 112 Å². The summed E-state index contributed by atoms with van der Waals surface area (Å²) in [4.78, 5) is 55.4. The van der Waals surface area contributed by atoms with Crippen molar-refractivity contribution >= 4 is 23.6 Å². The molecule has 0 spiro atoms. The van der Waals surface area contributed by atoms with Crippen LogP contribution in [0.25, 0.3) is 0 Å². The number of amides is 2. The summed E-state index contributed by atoms with van der Waals surface area (Å²) in [5.74, 6) is -0.787. The maximum atomic E-state index is 14.9. The minimum atomic E-state index is -1.41. The number of methoxy groups -OCH3 is 2. The van der Waals surface area contributed by atoms with E-state index in [1.807, 2.05) is 19.1 Å². The van der Waals surface area contributed by atoms with Crippen LogP contribution in [0.3, 0.4) is 0 Å². The van der Waals surface area contributed by atoms with E-state index in [2.05, 4.69) is 46.9 Å². The molecular weight excluding hydrogens is 712 g/mol. The van der Waals surface area contributed by atoms with Gasteiger partial charge in [-0.05, 0) is 120 Å². The van der Waals surface area contributed by atoms with Crippen molar-refractivity contribution in [3.8, 4) is 11.5 Å². The average molecular weight is 773 g/mol. The number of carboxylic acids is 1. The van der Waals surface area contributed by atoms with Crippen LogP contribution in [0.15, 0.2) is 29.8 Å². The minimum Gasteiger partial charge on any atom is -0.548 e. The summed E-state index contributed by atoms with van der Waals surface area (Å²) in [6, 6.07) is 5.37. The number of nitrogens with one attached hydrogen (secondary N) is 1. The molecule has 5 aliphatic rings. The molecule has 6 rings (SSSR count). The Labute approximate surface area is 364 Å². The number of fused-ring (bicyclic) bond motifs is 7. The summed E-state index contributed by atoms with van der Waals surface area (Å²) >= 11 is 0. The van der Waals surface area contributed by atoms with Crippen LogP contribution in [0, 0.1) is 50.2 Å². The van der Waals surface area contributed by atoms with E-state index in [9.17, 15) is 29.4 Å². The molecule has 54 heavy (non-hydrogen) atoms. The van der Waals surface area contributed by atoms with Crippen molar-refractivity contribution in [1.29, 1.82) is 0 Å². The molecule has 0 radical (unpaired) electrons. The van der Waals surface area contributed by atoms with Crippen molar-refractivity contribution in [3.63, 3.8) is 0 Å². The first-order valence-corrected chi connectivity index (χ1v) is 19.6. The van der Waals surface area contributed by atoms with E-state index < -0.39 is 23.8 Å². The fourth-order valence-corrected chi connectivity index (χ4v) is 12.5. The molecule has 9 atom stereocenters. The zero-order chi connectivity index (χ0) is 38.9. The number of allylic oxidation sites excluding steroid dienone is 2. The number of aliphatic hydroxyl groups is 1. The van der Waals surface area contributed by atoms with Crippen molar-refractivity contribution in [1.82, 2.24) is 10.2 Å². The van der Waals surface area contributed by atoms with Crippen LogP contribution in [-0.4, -0.2) is 67.0 Å². The first kappa shape index (κ1) is 43.4. The number of carbonyl (C=O) groups is 4. The quantitative estimate of drug-likeness (QED) is 0.364. The second-order valence-electron chi connectivity index (χ2n) is 19.1. The van der Waals surface area contributed by atoms with Crippen LogP contribution < -0.4 is 71.3 Å². The first-order chi connectivity index (χ1) is 24.7. The molecule has 0 bridgehead atoms. The van der Waals surface area contributed by atoms with Crippen LogP contribution in [-0.2, 0) is 25.7 Å². The second-order valence-corrected chi connectivity index (χ2v) is 19.1.